The van der Waals surface area contributed by atoms with Crippen molar-refractivity contribution in [3.63, 3.8) is 0 Å². The third kappa shape index (κ3) is 6.39. The van der Waals surface area contributed by atoms with E-state index in [-0.39, 0.29) is 42.7 Å². The van der Waals surface area contributed by atoms with Crippen molar-refractivity contribution in [1.82, 2.24) is 19.9 Å². The van der Waals surface area contributed by atoms with Crippen LogP contribution in [0.25, 0.3) is 5.65 Å². The van der Waals surface area contributed by atoms with E-state index in [0.29, 0.717) is 30.6 Å². The molecule has 1 amide bonds. The number of hydrogen-bond acceptors (Lipinski definition) is 5. The van der Waals surface area contributed by atoms with Crippen molar-refractivity contribution < 1.29 is 36.6 Å². The molecule has 13 heteroatoms. The highest BCUT2D eigenvalue weighted by atomic mass is 19.4. The van der Waals surface area contributed by atoms with Gasteiger partial charge in [0.05, 0.1) is 24.1 Å². The molecule has 34 heavy (non-hydrogen) atoms. The maximum Gasteiger partial charge on any atom is 0.490 e. The van der Waals surface area contributed by atoms with Crippen LogP contribution in [0, 0.1) is 11.8 Å². The Hall–Kier alpha value is -2.83. The number of nitrogens with two attached hydrogens (primary N) is 1. The van der Waals surface area contributed by atoms with E-state index >= 15 is 0 Å². The number of aliphatic carboxylic acids is 1. The summed E-state index contributed by atoms with van der Waals surface area (Å²) in [6.07, 6.45) is 0.506. The van der Waals surface area contributed by atoms with Gasteiger partial charge < -0.3 is 16.2 Å². The molecule has 4 N–H and O–H groups in total. The van der Waals surface area contributed by atoms with Crippen molar-refractivity contribution in [3.05, 3.63) is 29.7 Å². The second-order valence-corrected chi connectivity index (χ2v) is 8.90. The van der Waals surface area contributed by atoms with Crippen molar-refractivity contribution >= 4 is 17.5 Å². The van der Waals surface area contributed by atoms with Gasteiger partial charge in [0.25, 0.3) is 0 Å². The molecule has 0 aromatic carbocycles. The lowest BCUT2D eigenvalue weighted by molar-refractivity contribution is -0.192. The monoisotopic (exact) mass is 491 g/mol. The highest BCUT2D eigenvalue weighted by Crippen LogP contribution is 2.40. The predicted octanol–water partition coefficient (Wildman–Crippen LogP) is 3.26. The van der Waals surface area contributed by atoms with E-state index < -0.39 is 18.1 Å². The average molecular weight is 491 g/mol. The van der Waals surface area contributed by atoms with Crippen molar-refractivity contribution in [2.24, 2.45) is 17.6 Å². The fourth-order valence-electron chi connectivity index (χ4n) is 4.28. The highest BCUT2D eigenvalue weighted by molar-refractivity contribution is 5.81. The van der Waals surface area contributed by atoms with Gasteiger partial charge in [-0.05, 0) is 50.2 Å². The molecule has 3 heterocycles. The Balaban J connectivity index is 0.000000406. The number of halogens is 5. The highest BCUT2D eigenvalue weighted by Gasteiger charge is 2.39. The quantitative estimate of drug-likeness (QED) is 0.565. The van der Waals surface area contributed by atoms with Crippen LogP contribution in [-0.4, -0.2) is 49.7 Å². The van der Waals surface area contributed by atoms with Crippen LogP contribution < -0.4 is 11.1 Å². The Morgan fingerprint density at radius 2 is 1.97 bits per heavy atom. The van der Waals surface area contributed by atoms with E-state index in [0.717, 1.165) is 12.0 Å². The van der Waals surface area contributed by atoms with Gasteiger partial charge in [0.15, 0.2) is 5.65 Å². The minimum Gasteiger partial charge on any atom is -0.475 e. The van der Waals surface area contributed by atoms with Crippen molar-refractivity contribution in [2.75, 3.05) is 0 Å². The molecule has 2 unspecified atom stereocenters. The van der Waals surface area contributed by atoms with Gasteiger partial charge in [0, 0.05) is 24.8 Å². The average Bonchev–Trinajstić information content (AvgIpc) is 3.29. The smallest absolute Gasteiger partial charge is 0.475 e. The number of nitrogens with zero attached hydrogens (tertiary/aromatic N) is 3. The second kappa shape index (κ2) is 9.80. The maximum atomic E-state index is 13.4. The fraction of sp³-hybridized carbons (Fsp3) is 0.619. The number of carbonyl (C=O) groups is 2. The van der Waals surface area contributed by atoms with E-state index in [1.165, 1.54) is 0 Å². The number of imidazole rings is 1. The number of nitrogens with one attached hydrogen (secondary N) is 1. The van der Waals surface area contributed by atoms with Gasteiger partial charge in [-0.1, -0.05) is 0 Å². The minimum absolute atomic E-state index is 0.0117. The first-order valence-corrected chi connectivity index (χ1v) is 10.8. The number of fused-ring (bicyclic) bond motifs is 1. The van der Waals surface area contributed by atoms with E-state index in [1.807, 2.05) is 13.0 Å². The second-order valence-electron chi connectivity index (χ2n) is 8.90. The van der Waals surface area contributed by atoms with Crippen LogP contribution in [0.2, 0.25) is 0 Å². The Morgan fingerprint density at radius 3 is 2.50 bits per heavy atom. The summed E-state index contributed by atoms with van der Waals surface area (Å²) in [5.41, 5.74) is 8.64. The molecule has 2 aromatic heterocycles. The van der Waals surface area contributed by atoms with Crippen LogP contribution in [0.5, 0.6) is 0 Å². The molecule has 3 atom stereocenters. The number of rotatable bonds is 4. The molecular weight excluding hydrogens is 465 g/mol. The molecule has 2 aliphatic rings. The molecule has 1 aliphatic heterocycles. The lowest BCUT2D eigenvalue weighted by Gasteiger charge is -2.31. The summed E-state index contributed by atoms with van der Waals surface area (Å²) < 4.78 is 60.1. The number of amides is 1. The molecule has 0 bridgehead atoms. The molecule has 2 fully saturated rings. The van der Waals surface area contributed by atoms with Crippen LogP contribution in [0.4, 0.5) is 22.0 Å². The number of hydrogen-bond donors (Lipinski definition) is 3. The van der Waals surface area contributed by atoms with E-state index in [4.69, 9.17) is 15.6 Å². The topological polar surface area (TPSA) is 123 Å². The summed E-state index contributed by atoms with van der Waals surface area (Å²) in [4.78, 5) is 25.4. The maximum absolute atomic E-state index is 13.4. The summed E-state index contributed by atoms with van der Waals surface area (Å²) in [6.45, 7) is 2.00. The lowest BCUT2D eigenvalue weighted by atomic mass is 9.81. The van der Waals surface area contributed by atoms with Gasteiger partial charge in [-0.15, -0.1) is 0 Å². The Bertz CT molecular complexity index is 1030. The van der Waals surface area contributed by atoms with Crippen molar-refractivity contribution in [2.45, 2.75) is 69.6 Å². The summed E-state index contributed by atoms with van der Waals surface area (Å²) in [5.74, 6) is -5.26. The lowest BCUT2D eigenvalue weighted by Crippen LogP contribution is -2.31. The number of carboxylic acids is 1. The number of carbonyl (C=O) groups excluding carboxylic acids is 1. The summed E-state index contributed by atoms with van der Waals surface area (Å²) >= 11 is 0. The van der Waals surface area contributed by atoms with Crippen LogP contribution in [0.15, 0.2) is 18.5 Å². The minimum atomic E-state index is -5.08. The summed E-state index contributed by atoms with van der Waals surface area (Å²) in [6, 6.07) is 1.76. The number of carboxylic acid groups (broad SMARTS) is 1. The zero-order chi connectivity index (χ0) is 25.3. The number of aromatic nitrogens is 3. The van der Waals surface area contributed by atoms with Crippen LogP contribution >= 0.6 is 0 Å². The molecule has 2 aromatic rings. The van der Waals surface area contributed by atoms with Crippen LogP contribution in [-0.2, 0) is 16.0 Å². The summed E-state index contributed by atoms with van der Waals surface area (Å²) in [5, 5.41) is 14.4. The van der Waals surface area contributed by atoms with E-state index in [1.54, 1.807) is 16.9 Å². The van der Waals surface area contributed by atoms with E-state index in [2.05, 4.69) is 15.4 Å². The molecule has 4 rings (SSSR count). The Kier molecular flexibility index (Phi) is 7.44. The molecule has 8 nitrogen and oxygen atoms in total. The third-order valence-electron chi connectivity index (χ3n) is 6.13. The molecule has 1 saturated carbocycles. The first-order chi connectivity index (χ1) is 15.7. The molecule has 1 aliphatic carbocycles. The SMILES string of the molecule is CC1CC(Cc2cnn3cc([C@@H](N)C4CCC(F)(F)CC4)nc3c2)C(=O)N1.O=C(O)C(F)(F)F. The van der Waals surface area contributed by atoms with Crippen LogP contribution in [0.3, 0.4) is 0 Å². The normalized spacial score (nSPS) is 23.8. The van der Waals surface area contributed by atoms with E-state index in [9.17, 15) is 26.7 Å². The predicted molar refractivity (Wildman–Crippen MR) is 110 cm³/mol. The Labute approximate surface area is 191 Å². The summed E-state index contributed by atoms with van der Waals surface area (Å²) in [7, 11) is 0. The van der Waals surface area contributed by atoms with Crippen molar-refractivity contribution in [3.8, 4) is 0 Å². The largest absolute Gasteiger partial charge is 0.490 e. The first kappa shape index (κ1) is 25.8. The molecule has 0 radical (unpaired) electrons. The van der Waals surface area contributed by atoms with Gasteiger partial charge in [-0.25, -0.2) is 23.1 Å². The third-order valence-corrected chi connectivity index (χ3v) is 6.13. The van der Waals surface area contributed by atoms with Gasteiger partial charge in [0.1, 0.15) is 0 Å². The fourth-order valence-corrected chi connectivity index (χ4v) is 4.28. The van der Waals surface area contributed by atoms with Gasteiger partial charge in [-0.2, -0.15) is 18.3 Å². The first-order valence-electron chi connectivity index (χ1n) is 10.8. The van der Waals surface area contributed by atoms with Gasteiger partial charge in [0.2, 0.25) is 11.8 Å². The standard InChI is InChI=1S/C19H25F2N5O.C2HF3O2/c1-11-6-14(18(27)24-11)7-12-8-16-25-15(10-26(16)23-9-12)17(22)13-2-4-19(20,21)5-3-13;3-2(4,5)1(6)7/h8-11,13-14,17H,2-7,22H2,1H3,(H,24,27);(H,6,7)/t11?,14?,17-;/m0./s1. The molecule has 188 valence electrons. The molecular formula is C21H26F5N5O3. The van der Waals surface area contributed by atoms with Crippen molar-refractivity contribution in [1.29, 1.82) is 0 Å². The zero-order valence-corrected chi connectivity index (χ0v) is 18.4. The molecule has 1 saturated heterocycles. The van der Waals surface area contributed by atoms with Gasteiger partial charge >= 0.3 is 12.1 Å². The van der Waals surface area contributed by atoms with Crippen LogP contribution in [0.1, 0.15) is 56.3 Å². The van der Waals surface area contributed by atoms with Gasteiger partial charge in [-0.3, -0.25) is 4.79 Å². The molecule has 0 spiro atoms. The number of alkyl halides is 5. The Morgan fingerprint density at radius 1 is 1.35 bits per heavy atom. The zero-order valence-electron chi connectivity index (χ0n) is 18.4.